The molecule has 5 heteroatoms. The minimum absolute atomic E-state index is 0.105. The Hall–Kier alpha value is -2.04. The van der Waals surface area contributed by atoms with Gasteiger partial charge in [0.15, 0.2) is 0 Å². The number of nitrogens with one attached hydrogen (secondary N) is 3. The predicted molar refractivity (Wildman–Crippen MR) is 79.9 cm³/mol. The third-order valence-electron chi connectivity index (χ3n) is 3.50. The van der Waals surface area contributed by atoms with E-state index >= 15 is 0 Å². The molecule has 20 heavy (non-hydrogen) atoms. The highest BCUT2D eigenvalue weighted by atomic mass is 16.2. The number of aryl methyl sites for hydroxylation is 2. The summed E-state index contributed by atoms with van der Waals surface area (Å²) in [4.78, 5) is 23.7. The summed E-state index contributed by atoms with van der Waals surface area (Å²) in [7, 11) is 0. The van der Waals surface area contributed by atoms with Crippen molar-refractivity contribution in [3.63, 3.8) is 0 Å². The van der Waals surface area contributed by atoms with Crippen LogP contribution in [0, 0.1) is 13.8 Å². The lowest BCUT2D eigenvalue weighted by Gasteiger charge is -2.27. The van der Waals surface area contributed by atoms with Crippen LogP contribution in [0.1, 0.15) is 30.9 Å². The molecular weight excluding hydrogens is 254 g/mol. The van der Waals surface area contributed by atoms with E-state index < -0.39 is 6.04 Å². The lowest BCUT2D eigenvalue weighted by molar-refractivity contribution is -0.125. The van der Waals surface area contributed by atoms with Gasteiger partial charge in [-0.2, -0.15) is 0 Å². The number of amides is 2. The number of carbonyl (C=O) groups excluding carboxylic acids is 2. The van der Waals surface area contributed by atoms with Crippen LogP contribution in [-0.2, 0) is 9.59 Å². The van der Waals surface area contributed by atoms with Crippen molar-refractivity contribution in [2.24, 2.45) is 0 Å². The Morgan fingerprint density at radius 2 is 1.90 bits per heavy atom. The van der Waals surface area contributed by atoms with Crippen LogP contribution in [0.15, 0.2) is 12.1 Å². The predicted octanol–water partition coefficient (Wildman–Crippen LogP) is 1.95. The molecular formula is C15H21N3O2. The van der Waals surface area contributed by atoms with Crippen molar-refractivity contribution in [3.05, 3.63) is 23.3 Å². The van der Waals surface area contributed by atoms with Crippen molar-refractivity contribution in [1.82, 2.24) is 5.32 Å². The molecule has 1 aliphatic rings. The fraction of sp³-hybridized carbons (Fsp3) is 0.467. The lowest BCUT2D eigenvalue weighted by atomic mass is 10.0. The molecule has 1 atom stereocenters. The average Bonchev–Trinajstić information content (AvgIpc) is 2.40. The van der Waals surface area contributed by atoms with E-state index in [-0.39, 0.29) is 18.2 Å². The summed E-state index contributed by atoms with van der Waals surface area (Å²) in [5.74, 6) is -0.265. The van der Waals surface area contributed by atoms with Crippen LogP contribution in [0.5, 0.6) is 0 Å². The number of carbonyl (C=O) groups is 2. The third-order valence-corrected chi connectivity index (χ3v) is 3.50. The van der Waals surface area contributed by atoms with E-state index in [2.05, 4.69) is 16.0 Å². The number of benzene rings is 1. The van der Waals surface area contributed by atoms with Crippen molar-refractivity contribution in [1.29, 1.82) is 0 Å². The topological polar surface area (TPSA) is 70.2 Å². The summed E-state index contributed by atoms with van der Waals surface area (Å²) in [5.41, 5.74) is 3.94. The normalized spacial score (nSPS) is 16.9. The maximum atomic E-state index is 12.0. The van der Waals surface area contributed by atoms with Gasteiger partial charge < -0.3 is 16.0 Å². The second kappa shape index (κ2) is 5.94. The van der Waals surface area contributed by atoms with Gasteiger partial charge in [-0.15, -0.1) is 0 Å². The Kier molecular flexibility index (Phi) is 4.27. The molecule has 2 rings (SSSR count). The van der Waals surface area contributed by atoms with E-state index in [0.29, 0.717) is 6.54 Å². The van der Waals surface area contributed by atoms with Gasteiger partial charge in [0.25, 0.3) is 0 Å². The molecule has 0 unspecified atom stereocenters. The summed E-state index contributed by atoms with van der Waals surface area (Å²) in [6.07, 6.45) is 1.04. The molecule has 0 bridgehead atoms. The van der Waals surface area contributed by atoms with Crippen LogP contribution in [0.3, 0.4) is 0 Å². The Bertz CT molecular complexity index is 540. The van der Waals surface area contributed by atoms with Crippen molar-refractivity contribution in [2.75, 3.05) is 17.2 Å². The summed E-state index contributed by atoms with van der Waals surface area (Å²) in [6, 6.07) is 3.44. The van der Waals surface area contributed by atoms with Crippen LogP contribution in [0.4, 0.5) is 11.4 Å². The SMILES string of the molecule is CCCNC(=O)C[C@@H]1Nc2cc(C)c(C)cc2NC1=O. The molecule has 108 valence electrons. The Morgan fingerprint density at radius 3 is 2.55 bits per heavy atom. The molecule has 1 aromatic rings. The molecule has 0 spiro atoms. The highest BCUT2D eigenvalue weighted by Gasteiger charge is 2.27. The number of rotatable bonds is 4. The molecule has 1 aromatic carbocycles. The quantitative estimate of drug-likeness (QED) is 0.786. The van der Waals surface area contributed by atoms with Crippen LogP contribution >= 0.6 is 0 Å². The van der Waals surface area contributed by atoms with Gasteiger partial charge in [0, 0.05) is 6.54 Å². The second-order valence-electron chi connectivity index (χ2n) is 5.22. The first kappa shape index (κ1) is 14.4. The lowest BCUT2D eigenvalue weighted by Crippen LogP contribution is -2.42. The molecule has 3 N–H and O–H groups in total. The molecule has 0 aliphatic carbocycles. The van der Waals surface area contributed by atoms with Crippen molar-refractivity contribution < 1.29 is 9.59 Å². The van der Waals surface area contributed by atoms with Gasteiger partial charge >= 0.3 is 0 Å². The summed E-state index contributed by atoms with van der Waals surface area (Å²) in [6.45, 7) is 6.66. The van der Waals surface area contributed by atoms with E-state index in [9.17, 15) is 9.59 Å². The first-order chi connectivity index (χ1) is 9.51. The molecule has 5 nitrogen and oxygen atoms in total. The maximum Gasteiger partial charge on any atom is 0.247 e. The van der Waals surface area contributed by atoms with Gasteiger partial charge in [-0.25, -0.2) is 0 Å². The smallest absolute Gasteiger partial charge is 0.247 e. The number of fused-ring (bicyclic) bond motifs is 1. The van der Waals surface area contributed by atoms with Gasteiger partial charge in [-0.1, -0.05) is 6.92 Å². The van der Waals surface area contributed by atoms with Gasteiger partial charge in [0.05, 0.1) is 17.8 Å². The molecule has 0 saturated heterocycles. The first-order valence-electron chi connectivity index (χ1n) is 6.96. The standard InChI is InChI=1S/C15H21N3O2/c1-4-5-16-14(19)8-13-15(20)18-12-7-10(3)9(2)6-11(12)17-13/h6-7,13,17H,4-5,8H2,1-3H3,(H,16,19)(H,18,20)/t13-/m0/s1. The van der Waals surface area contributed by atoms with E-state index in [4.69, 9.17) is 0 Å². The van der Waals surface area contributed by atoms with Gasteiger partial charge in [-0.3, -0.25) is 9.59 Å². The second-order valence-corrected chi connectivity index (χ2v) is 5.22. The molecule has 0 fully saturated rings. The van der Waals surface area contributed by atoms with Crippen LogP contribution < -0.4 is 16.0 Å². The molecule has 1 heterocycles. The third kappa shape index (κ3) is 3.10. The Morgan fingerprint density at radius 1 is 1.25 bits per heavy atom. The van der Waals surface area contributed by atoms with E-state index in [0.717, 1.165) is 28.9 Å². The molecule has 0 aromatic heterocycles. The van der Waals surface area contributed by atoms with E-state index in [1.807, 2.05) is 32.9 Å². The number of hydrogen-bond acceptors (Lipinski definition) is 3. The summed E-state index contributed by atoms with van der Waals surface area (Å²) in [5, 5.41) is 8.79. The van der Waals surface area contributed by atoms with Crippen molar-refractivity contribution in [2.45, 2.75) is 39.7 Å². The largest absolute Gasteiger partial charge is 0.372 e. The average molecular weight is 275 g/mol. The minimum Gasteiger partial charge on any atom is -0.372 e. The number of hydrogen-bond donors (Lipinski definition) is 3. The first-order valence-corrected chi connectivity index (χ1v) is 6.96. The highest BCUT2D eigenvalue weighted by molar-refractivity contribution is 6.05. The molecule has 1 aliphatic heterocycles. The zero-order valence-corrected chi connectivity index (χ0v) is 12.2. The number of anilines is 2. The fourth-order valence-corrected chi connectivity index (χ4v) is 2.18. The van der Waals surface area contributed by atoms with Gasteiger partial charge in [0.1, 0.15) is 6.04 Å². The molecule has 0 radical (unpaired) electrons. The van der Waals surface area contributed by atoms with Gasteiger partial charge in [-0.05, 0) is 43.5 Å². The summed E-state index contributed by atoms with van der Waals surface area (Å²) < 4.78 is 0. The van der Waals surface area contributed by atoms with E-state index in [1.165, 1.54) is 0 Å². The Labute approximate surface area is 119 Å². The maximum absolute atomic E-state index is 12.0. The zero-order chi connectivity index (χ0) is 14.7. The van der Waals surface area contributed by atoms with Crippen molar-refractivity contribution >= 4 is 23.2 Å². The monoisotopic (exact) mass is 275 g/mol. The minimum atomic E-state index is -0.513. The van der Waals surface area contributed by atoms with Gasteiger partial charge in [0.2, 0.25) is 11.8 Å². The van der Waals surface area contributed by atoms with Crippen molar-refractivity contribution in [3.8, 4) is 0 Å². The van der Waals surface area contributed by atoms with Crippen LogP contribution in [-0.4, -0.2) is 24.4 Å². The molecule has 2 amide bonds. The summed E-state index contributed by atoms with van der Waals surface area (Å²) >= 11 is 0. The van der Waals surface area contributed by atoms with Crippen LogP contribution in [0.25, 0.3) is 0 Å². The Balaban J connectivity index is 2.09. The highest BCUT2D eigenvalue weighted by Crippen LogP contribution is 2.30. The molecule has 0 saturated carbocycles. The zero-order valence-electron chi connectivity index (χ0n) is 12.2. The fourth-order valence-electron chi connectivity index (χ4n) is 2.18. The van der Waals surface area contributed by atoms with Crippen LogP contribution in [0.2, 0.25) is 0 Å². The van der Waals surface area contributed by atoms with E-state index in [1.54, 1.807) is 0 Å².